The summed E-state index contributed by atoms with van der Waals surface area (Å²) in [6.07, 6.45) is 1.45. The summed E-state index contributed by atoms with van der Waals surface area (Å²) in [5.74, 6) is 0.244. The molecule has 0 unspecified atom stereocenters. The van der Waals surface area contributed by atoms with Gasteiger partial charge in [-0.2, -0.15) is 4.98 Å². The zero-order valence-corrected chi connectivity index (χ0v) is 4.09. The summed E-state index contributed by atoms with van der Waals surface area (Å²) in [6, 6.07) is 1.52. The van der Waals surface area contributed by atoms with Gasteiger partial charge in [0.1, 0.15) is 5.82 Å². The molecule has 1 rings (SSSR count). The molecule has 0 fully saturated rings. The summed E-state index contributed by atoms with van der Waals surface area (Å²) >= 11 is 0. The zero-order chi connectivity index (χ0) is 5.98. The van der Waals surface area contributed by atoms with Crippen LogP contribution in [0.15, 0.2) is 17.1 Å². The number of aromatic amines is 1. The second kappa shape index (κ2) is 3.66. The van der Waals surface area contributed by atoms with E-state index in [1.165, 1.54) is 12.3 Å². The average Bonchev–Trinajstić information content (AvgIpc) is 1.64. The van der Waals surface area contributed by atoms with E-state index in [-0.39, 0.29) is 35.4 Å². The zero-order valence-electron chi connectivity index (χ0n) is 4.09. The Morgan fingerprint density at radius 3 is 2.67 bits per heavy atom. The van der Waals surface area contributed by atoms with Crippen LogP contribution in [-0.4, -0.2) is 39.5 Å². The fourth-order valence-corrected chi connectivity index (χ4v) is 0.385. The van der Waals surface area contributed by atoms with Crippen molar-refractivity contribution < 1.29 is 0 Å². The Morgan fingerprint density at radius 1 is 1.67 bits per heavy atom. The number of nitrogen functional groups attached to an aromatic ring is 1. The van der Waals surface area contributed by atoms with Crippen LogP contribution in [0.1, 0.15) is 0 Å². The van der Waals surface area contributed by atoms with Crippen LogP contribution in [0, 0.1) is 0 Å². The molecule has 4 nitrogen and oxygen atoms in total. The molecular weight excluding hydrogens is 129 g/mol. The van der Waals surface area contributed by atoms with E-state index in [0.29, 0.717) is 0 Å². The number of anilines is 1. The first-order valence-corrected chi connectivity index (χ1v) is 2.10. The number of H-pyrrole nitrogens is 1. The topological polar surface area (TPSA) is 71.8 Å². The van der Waals surface area contributed by atoms with Crippen molar-refractivity contribution in [2.75, 3.05) is 5.73 Å². The number of nitrogens with two attached hydrogens (primary N) is 1. The SMILES string of the molecule is Nc1cc[nH]c(=O)n1.[NaH]. The molecule has 0 saturated carbocycles. The Hall–Kier alpha value is -0.320. The fraction of sp³-hybridized carbons (Fsp3) is 0. The van der Waals surface area contributed by atoms with E-state index in [0.717, 1.165) is 0 Å². The molecule has 5 heteroatoms. The van der Waals surface area contributed by atoms with Crippen LogP contribution in [-0.2, 0) is 0 Å². The minimum absolute atomic E-state index is 0. The van der Waals surface area contributed by atoms with E-state index in [4.69, 9.17) is 5.73 Å². The van der Waals surface area contributed by atoms with E-state index in [1.54, 1.807) is 0 Å². The molecule has 0 spiro atoms. The van der Waals surface area contributed by atoms with Crippen molar-refractivity contribution in [3.63, 3.8) is 0 Å². The predicted molar refractivity (Wildman–Crippen MR) is 36.4 cm³/mol. The summed E-state index contributed by atoms with van der Waals surface area (Å²) in [5, 5.41) is 0. The van der Waals surface area contributed by atoms with Crippen LogP contribution in [0.5, 0.6) is 0 Å². The number of nitrogens with zero attached hydrogens (tertiary/aromatic N) is 1. The van der Waals surface area contributed by atoms with E-state index in [9.17, 15) is 4.79 Å². The quantitative estimate of drug-likeness (QED) is 0.434. The van der Waals surface area contributed by atoms with Gasteiger partial charge >= 0.3 is 35.2 Å². The van der Waals surface area contributed by atoms with Crippen molar-refractivity contribution in [2.45, 2.75) is 0 Å². The van der Waals surface area contributed by atoms with Gasteiger partial charge in [0.2, 0.25) is 0 Å². The minimum atomic E-state index is -0.412. The Bertz CT molecular complexity index is 233. The van der Waals surface area contributed by atoms with Crippen molar-refractivity contribution >= 4 is 35.4 Å². The maximum absolute atomic E-state index is 10.2. The third-order valence-electron chi connectivity index (χ3n) is 0.692. The Morgan fingerprint density at radius 2 is 2.33 bits per heavy atom. The summed E-state index contributed by atoms with van der Waals surface area (Å²) in [7, 11) is 0. The summed E-state index contributed by atoms with van der Waals surface area (Å²) in [5.41, 5.74) is 4.72. The molecule has 0 aliphatic carbocycles. The first-order chi connectivity index (χ1) is 3.79. The molecule has 0 bridgehead atoms. The van der Waals surface area contributed by atoms with Gasteiger partial charge in [-0.3, -0.25) is 0 Å². The molecule has 0 aromatic carbocycles. The first-order valence-electron chi connectivity index (χ1n) is 2.10. The monoisotopic (exact) mass is 135 g/mol. The molecule has 1 aromatic rings. The standard InChI is InChI=1S/C4H5N3O.Na.H/c5-3-1-2-6-4(8)7-3;;/h1-2H,(H3,5,6,7,8);;. The molecule has 1 aromatic heterocycles. The number of hydrogen-bond donors (Lipinski definition) is 2. The van der Waals surface area contributed by atoms with Gasteiger partial charge in [0, 0.05) is 6.20 Å². The Balaban J connectivity index is 0.000000640. The van der Waals surface area contributed by atoms with Crippen molar-refractivity contribution in [2.24, 2.45) is 0 Å². The predicted octanol–water partition coefficient (Wildman–Crippen LogP) is -1.30. The molecule has 0 amide bonds. The van der Waals surface area contributed by atoms with Gasteiger partial charge in [-0.05, 0) is 6.07 Å². The first kappa shape index (κ1) is 8.68. The fourth-order valence-electron chi connectivity index (χ4n) is 0.385. The second-order valence-electron chi connectivity index (χ2n) is 1.32. The van der Waals surface area contributed by atoms with E-state index in [1.807, 2.05) is 0 Å². The van der Waals surface area contributed by atoms with Gasteiger partial charge in [-0.1, -0.05) is 0 Å². The molecule has 0 atom stereocenters. The molecule has 0 aliphatic rings. The number of rotatable bonds is 0. The van der Waals surface area contributed by atoms with Crippen molar-refractivity contribution in [3.05, 3.63) is 22.7 Å². The molecule has 0 aliphatic heterocycles. The second-order valence-corrected chi connectivity index (χ2v) is 1.32. The van der Waals surface area contributed by atoms with Crippen LogP contribution in [0.3, 0.4) is 0 Å². The van der Waals surface area contributed by atoms with Gasteiger partial charge in [0.25, 0.3) is 0 Å². The molecule has 0 radical (unpaired) electrons. The van der Waals surface area contributed by atoms with Crippen LogP contribution < -0.4 is 11.4 Å². The number of hydrogen-bond acceptors (Lipinski definition) is 3. The third-order valence-corrected chi connectivity index (χ3v) is 0.692. The molecule has 0 saturated heterocycles. The van der Waals surface area contributed by atoms with Crippen LogP contribution in [0.2, 0.25) is 0 Å². The van der Waals surface area contributed by atoms with Gasteiger partial charge < -0.3 is 10.7 Å². The Kier molecular flexibility index (Phi) is 3.53. The van der Waals surface area contributed by atoms with E-state index >= 15 is 0 Å². The summed E-state index contributed by atoms with van der Waals surface area (Å²) in [6.45, 7) is 0. The van der Waals surface area contributed by atoms with Gasteiger partial charge in [-0.15, -0.1) is 0 Å². The van der Waals surface area contributed by atoms with Gasteiger partial charge in [0.15, 0.2) is 0 Å². The van der Waals surface area contributed by atoms with Crippen molar-refractivity contribution in [1.82, 2.24) is 9.97 Å². The van der Waals surface area contributed by atoms with E-state index < -0.39 is 5.69 Å². The maximum atomic E-state index is 10.2. The molecule has 9 heavy (non-hydrogen) atoms. The number of aromatic nitrogens is 2. The molecule has 44 valence electrons. The average molecular weight is 135 g/mol. The van der Waals surface area contributed by atoms with Crippen LogP contribution in [0.4, 0.5) is 5.82 Å². The van der Waals surface area contributed by atoms with Gasteiger partial charge in [0.05, 0.1) is 0 Å². The molecule has 3 N–H and O–H groups in total. The normalized spacial score (nSPS) is 8.00. The number of nitrogens with one attached hydrogen (secondary N) is 1. The third kappa shape index (κ3) is 2.64. The van der Waals surface area contributed by atoms with Crippen molar-refractivity contribution in [3.8, 4) is 0 Å². The van der Waals surface area contributed by atoms with Crippen LogP contribution >= 0.6 is 0 Å². The van der Waals surface area contributed by atoms with Gasteiger partial charge in [-0.25, -0.2) is 4.79 Å². The van der Waals surface area contributed by atoms with Crippen molar-refractivity contribution in [1.29, 1.82) is 0 Å². The molecular formula is C4H6N3NaO. The summed E-state index contributed by atoms with van der Waals surface area (Å²) < 4.78 is 0. The van der Waals surface area contributed by atoms with E-state index in [2.05, 4.69) is 9.97 Å². The molecule has 1 heterocycles. The summed E-state index contributed by atoms with van der Waals surface area (Å²) in [4.78, 5) is 15.9. The van der Waals surface area contributed by atoms with Crippen LogP contribution in [0.25, 0.3) is 0 Å². The Labute approximate surface area is 73.8 Å².